The Hall–Kier alpha value is -2.82. The van der Waals surface area contributed by atoms with Crippen molar-refractivity contribution in [1.29, 1.82) is 0 Å². The highest BCUT2D eigenvalue weighted by Gasteiger charge is 2.22. The molecule has 5 heteroatoms. The normalized spacial score (nSPS) is 14.5. The first-order valence-electron chi connectivity index (χ1n) is 7.99. The fourth-order valence-corrected chi connectivity index (χ4v) is 2.96. The average Bonchev–Trinajstić information content (AvgIpc) is 2.61. The van der Waals surface area contributed by atoms with Gasteiger partial charge in [0.05, 0.1) is 5.56 Å². The van der Waals surface area contributed by atoms with E-state index in [0.717, 1.165) is 16.8 Å². The zero-order valence-corrected chi connectivity index (χ0v) is 13.6. The largest absolute Gasteiger partial charge is 0.478 e. The quantitative estimate of drug-likeness (QED) is 0.943. The molecule has 1 amide bonds. The van der Waals surface area contributed by atoms with Crippen molar-refractivity contribution in [3.63, 3.8) is 0 Å². The van der Waals surface area contributed by atoms with Gasteiger partial charge in [0.15, 0.2) is 0 Å². The van der Waals surface area contributed by atoms with E-state index >= 15 is 0 Å². The van der Waals surface area contributed by atoms with E-state index in [9.17, 15) is 9.59 Å². The molecule has 5 nitrogen and oxygen atoms in total. The summed E-state index contributed by atoms with van der Waals surface area (Å²) in [6, 6.07) is 14.6. The van der Waals surface area contributed by atoms with E-state index < -0.39 is 5.97 Å². The summed E-state index contributed by atoms with van der Waals surface area (Å²) in [5.74, 6) is -0.872. The summed E-state index contributed by atoms with van der Waals surface area (Å²) in [6.45, 7) is 4.62. The van der Waals surface area contributed by atoms with E-state index in [1.165, 1.54) is 0 Å². The molecule has 0 bridgehead atoms. The SMILES string of the molecule is Cc1cccc(C(=O)N2CCN(c3cccc(C(=O)O)c3)CC2)c1. The van der Waals surface area contributed by atoms with Crippen LogP contribution >= 0.6 is 0 Å². The van der Waals surface area contributed by atoms with E-state index in [4.69, 9.17) is 5.11 Å². The Morgan fingerprint density at radius 3 is 2.25 bits per heavy atom. The van der Waals surface area contributed by atoms with Crippen LogP contribution in [0.15, 0.2) is 48.5 Å². The van der Waals surface area contributed by atoms with Gasteiger partial charge in [-0.1, -0.05) is 23.8 Å². The standard InChI is InChI=1S/C19H20N2O3/c1-14-4-2-5-15(12-14)18(22)21-10-8-20(9-11-21)17-7-3-6-16(13-17)19(23)24/h2-7,12-13H,8-11H2,1H3,(H,23,24). The maximum atomic E-state index is 12.6. The molecule has 2 aromatic carbocycles. The smallest absolute Gasteiger partial charge is 0.335 e. The third kappa shape index (κ3) is 3.40. The van der Waals surface area contributed by atoms with Crippen molar-refractivity contribution in [2.24, 2.45) is 0 Å². The zero-order chi connectivity index (χ0) is 17.1. The number of aromatic carboxylic acids is 1. The highest BCUT2D eigenvalue weighted by molar-refractivity contribution is 5.94. The second kappa shape index (κ2) is 6.74. The number of aryl methyl sites for hydroxylation is 1. The van der Waals surface area contributed by atoms with Crippen molar-refractivity contribution >= 4 is 17.6 Å². The van der Waals surface area contributed by atoms with Gasteiger partial charge in [-0.15, -0.1) is 0 Å². The molecule has 3 rings (SSSR count). The molecule has 1 fully saturated rings. The number of carbonyl (C=O) groups is 2. The number of nitrogens with zero attached hydrogens (tertiary/aromatic N) is 2. The third-order valence-electron chi connectivity index (χ3n) is 4.29. The highest BCUT2D eigenvalue weighted by Crippen LogP contribution is 2.19. The van der Waals surface area contributed by atoms with Crippen molar-refractivity contribution in [3.8, 4) is 0 Å². The molecule has 0 aromatic heterocycles. The first kappa shape index (κ1) is 16.1. The van der Waals surface area contributed by atoms with Crippen LogP contribution in [0.2, 0.25) is 0 Å². The number of hydrogen-bond acceptors (Lipinski definition) is 3. The van der Waals surface area contributed by atoms with Gasteiger partial charge < -0.3 is 14.9 Å². The summed E-state index contributed by atoms with van der Waals surface area (Å²) in [5.41, 5.74) is 2.96. The molecule has 2 aromatic rings. The summed E-state index contributed by atoms with van der Waals surface area (Å²) in [5, 5.41) is 9.10. The number of hydrogen-bond donors (Lipinski definition) is 1. The lowest BCUT2D eigenvalue weighted by atomic mass is 10.1. The second-order valence-electron chi connectivity index (χ2n) is 6.00. The minimum atomic E-state index is -0.926. The van der Waals surface area contributed by atoms with Crippen molar-refractivity contribution in [2.45, 2.75) is 6.92 Å². The average molecular weight is 324 g/mol. The van der Waals surface area contributed by atoms with E-state index in [1.807, 2.05) is 42.2 Å². The molecular formula is C19H20N2O3. The summed E-state index contributed by atoms with van der Waals surface area (Å²) < 4.78 is 0. The molecule has 1 heterocycles. The fraction of sp³-hybridized carbons (Fsp3) is 0.263. The van der Waals surface area contributed by atoms with Crippen LogP contribution in [0.3, 0.4) is 0 Å². The molecule has 0 spiro atoms. The van der Waals surface area contributed by atoms with Gasteiger partial charge in [0.2, 0.25) is 0 Å². The van der Waals surface area contributed by atoms with Crippen LogP contribution in [0, 0.1) is 6.92 Å². The van der Waals surface area contributed by atoms with Gasteiger partial charge in [-0.25, -0.2) is 4.79 Å². The van der Waals surface area contributed by atoms with Gasteiger partial charge in [0.25, 0.3) is 5.91 Å². The lowest BCUT2D eigenvalue weighted by Crippen LogP contribution is -2.48. The van der Waals surface area contributed by atoms with E-state index in [-0.39, 0.29) is 11.5 Å². The monoisotopic (exact) mass is 324 g/mol. The topological polar surface area (TPSA) is 60.9 Å². The minimum absolute atomic E-state index is 0.0534. The molecule has 1 aliphatic heterocycles. The molecule has 0 unspecified atom stereocenters. The van der Waals surface area contributed by atoms with Gasteiger partial charge >= 0.3 is 5.97 Å². The number of benzene rings is 2. The van der Waals surface area contributed by atoms with Gasteiger partial charge in [0.1, 0.15) is 0 Å². The van der Waals surface area contributed by atoms with Crippen molar-refractivity contribution in [3.05, 3.63) is 65.2 Å². The molecule has 1 saturated heterocycles. The van der Waals surface area contributed by atoms with E-state index in [1.54, 1.807) is 18.2 Å². The van der Waals surface area contributed by atoms with Crippen LogP contribution in [0.5, 0.6) is 0 Å². The Labute approximate surface area is 141 Å². The summed E-state index contributed by atoms with van der Waals surface area (Å²) in [4.78, 5) is 27.6. The summed E-state index contributed by atoms with van der Waals surface area (Å²) >= 11 is 0. The summed E-state index contributed by atoms with van der Waals surface area (Å²) in [6.07, 6.45) is 0. The Morgan fingerprint density at radius 1 is 0.917 bits per heavy atom. The van der Waals surface area contributed by atoms with Gasteiger partial charge in [-0.05, 0) is 37.3 Å². The Morgan fingerprint density at radius 2 is 1.58 bits per heavy atom. The number of anilines is 1. The minimum Gasteiger partial charge on any atom is -0.478 e. The lowest BCUT2D eigenvalue weighted by Gasteiger charge is -2.36. The third-order valence-corrected chi connectivity index (χ3v) is 4.29. The Balaban J connectivity index is 1.66. The predicted octanol–water partition coefficient (Wildman–Crippen LogP) is 2.66. The number of carboxylic acids is 1. The predicted molar refractivity (Wildman–Crippen MR) is 92.7 cm³/mol. The Bertz CT molecular complexity index is 765. The highest BCUT2D eigenvalue weighted by atomic mass is 16.4. The Kier molecular flexibility index (Phi) is 4.51. The number of carboxylic acid groups (broad SMARTS) is 1. The fourth-order valence-electron chi connectivity index (χ4n) is 2.96. The number of amides is 1. The van der Waals surface area contributed by atoms with Gasteiger partial charge in [-0.2, -0.15) is 0 Å². The van der Waals surface area contributed by atoms with Gasteiger partial charge in [-0.3, -0.25) is 4.79 Å². The van der Waals surface area contributed by atoms with Crippen LogP contribution in [0.1, 0.15) is 26.3 Å². The molecular weight excluding hydrogens is 304 g/mol. The number of piperazine rings is 1. The maximum absolute atomic E-state index is 12.6. The second-order valence-corrected chi connectivity index (χ2v) is 6.00. The summed E-state index contributed by atoms with van der Waals surface area (Å²) in [7, 11) is 0. The molecule has 0 saturated carbocycles. The molecule has 0 radical (unpaired) electrons. The van der Waals surface area contributed by atoms with E-state index in [2.05, 4.69) is 4.90 Å². The molecule has 1 aliphatic rings. The van der Waals surface area contributed by atoms with Crippen molar-refractivity contribution < 1.29 is 14.7 Å². The van der Waals surface area contributed by atoms with E-state index in [0.29, 0.717) is 26.2 Å². The van der Waals surface area contributed by atoms with Crippen LogP contribution in [-0.4, -0.2) is 48.1 Å². The van der Waals surface area contributed by atoms with Crippen LogP contribution in [0.4, 0.5) is 5.69 Å². The van der Waals surface area contributed by atoms with Crippen molar-refractivity contribution in [2.75, 3.05) is 31.1 Å². The molecule has 0 aliphatic carbocycles. The number of rotatable bonds is 3. The maximum Gasteiger partial charge on any atom is 0.335 e. The molecule has 1 N–H and O–H groups in total. The molecule has 124 valence electrons. The number of carbonyl (C=O) groups excluding carboxylic acids is 1. The van der Waals surface area contributed by atoms with Gasteiger partial charge in [0, 0.05) is 37.4 Å². The van der Waals surface area contributed by atoms with Crippen LogP contribution < -0.4 is 4.90 Å². The first-order valence-corrected chi connectivity index (χ1v) is 7.99. The molecule has 0 atom stereocenters. The first-order chi connectivity index (χ1) is 11.5. The molecule has 24 heavy (non-hydrogen) atoms. The van der Waals surface area contributed by atoms with Crippen LogP contribution in [0.25, 0.3) is 0 Å². The van der Waals surface area contributed by atoms with Crippen molar-refractivity contribution in [1.82, 2.24) is 4.90 Å². The zero-order valence-electron chi connectivity index (χ0n) is 13.6. The van der Waals surface area contributed by atoms with Crippen LogP contribution in [-0.2, 0) is 0 Å². The lowest BCUT2D eigenvalue weighted by molar-refractivity contribution is 0.0696.